The molecule has 1 spiro atoms. The molecule has 0 bridgehead atoms. The van der Waals surface area contributed by atoms with E-state index in [9.17, 15) is 24.3 Å². The van der Waals surface area contributed by atoms with Gasteiger partial charge in [0.15, 0.2) is 0 Å². The number of ether oxygens (including phenoxy) is 2. The SMILES string of the molecule is CC(C)(c1ccc(OCc2ccnc(N3CC4(CC(O)C4)C3)n2)cc1)c1ccc(OCC2(Nc3ccc4c(c3)C(=O)N(C3CCC(=O)NC3=O)C4=O)CCC2)cc1. The van der Waals surface area contributed by atoms with Gasteiger partial charge in [0, 0.05) is 42.2 Å². The van der Waals surface area contributed by atoms with Gasteiger partial charge in [-0.25, -0.2) is 9.97 Å². The van der Waals surface area contributed by atoms with Gasteiger partial charge in [0.25, 0.3) is 11.8 Å². The van der Waals surface area contributed by atoms with E-state index in [1.165, 1.54) is 0 Å². The van der Waals surface area contributed by atoms with Gasteiger partial charge in [0.1, 0.15) is 30.8 Å². The minimum absolute atomic E-state index is 0.0754. The van der Waals surface area contributed by atoms with Crippen molar-refractivity contribution < 1.29 is 33.8 Å². The summed E-state index contributed by atoms with van der Waals surface area (Å²) in [6.07, 6.45) is 6.35. The predicted molar refractivity (Wildman–Crippen MR) is 210 cm³/mol. The maximum atomic E-state index is 13.4. The standard InChI is InChI=1S/C44H46N6O7/c1-42(2,27-4-9-32(10-5-27)56-23-30-16-19-45-41(46-30)49-24-43(25-49)21-31(51)22-43)28-6-11-33(12-7-28)57-26-44(17-3-18-44)48-29-8-13-34-35(20-29)40(55)50(39(34)54)36-14-15-37(52)47-38(36)53/h4-13,16,19-20,31,36,48,51H,3,14-15,17-18,21-26H2,1-2H3,(H,47,52,53). The van der Waals surface area contributed by atoms with E-state index in [0.717, 1.165) is 78.4 Å². The second-order valence-corrected chi connectivity index (χ2v) is 17.0. The minimum atomic E-state index is -1.00. The lowest BCUT2D eigenvalue weighted by Gasteiger charge is -2.57. The summed E-state index contributed by atoms with van der Waals surface area (Å²) in [5, 5.41) is 15.5. The van der Waals surface area contributed by atoms with Crippen LogP contribution in [0.2, 0.25) is 0 Å². The number of imide groups is 2. The maximum Gasteiger partial charge on any atom is 0.262 e. The Labute approximate surface area is 330 Å². The summed E-state index contributed by atoms with van der Waals surface area (Å²) in [5.41, 5.74) is 3.93. The number of amides is 4. The van der Waals surface area contributed by atoms with Crippen molar-refractivity contribution in [1.82, 2.24) is 20.2 Å². The third kappa shape index (κ3) is 6.87. The molecule has 13 nitrogen and oxygen atoms in total. The minimum Gasteiger partial charge on any atom is -0.491 e. The number of carbonyl (C=O) groups excluding carboxylic acids is 4. The van der Waals surface area contributed by atoms with Crippen molar-refractivity contribution in [1.29, 1.82) is 0 Å². The number of aromatic nitrogens is 2. The first-order valence-electron chi connectivity index (χ1n) is 19.7. The van der Waals surface area contributed by atoms with Crippen molar-refractivity contribution in [3.8, 4) is 11.5 Å². The van der Waals surface area contributed by atoms with Gasteiger partial charge < -0.3 is 24.8 Å². The van der Waals surface area contributed by atoms with E-state index in [2.05, 4.69) is 58.6 Å². The van der Waals surface area contributed by atoms with Crippen LogP contribution in [0.15, 0.2) is 79.0 Å². The van der Waals surface area contributed by atoms with E-state index in [0.29, 0.717) is 24.8 Å². The van der Waals surface area contributed by atoms with Crippen LogP contribution in [0, 0.1) is 5.41 Å². The average molecular weight is 771 g/mol. The molecule has 1 unspecified atom stereocenters. The van der Waals surface area contributed by atoms with Crippen LogP contribution in [0.5, 0.6) is 11.5 Å². The van der Waals surface area contributed by atoms with Crippen LogP contribution in [-0.4, -0.2) is 81.0 Å². The number of anilines is 2. The number of aliphatic hydroxyl groups excluding tert-OH is 1. The van der Waals surface area contributed by atoms with Gasteiger partial charge in [-0.1, -0.05) is 38.1 Å². The Morgan fingerprint density at radius 1 is 0.877 bits per heavy atom. The van der Waals surface area contributed by atoms with Crippen molar-refractivity contribution in [3.63, 3.8) is 0 Å². The van der Waals surface area contributed by atoms with E-state index in [4.69, 9.17) is 14.5 Å². The molecule has 4 aromatic rings. The first-order valence-corrected chi connectivity index (χ1v) is 19.7. The van der Waals surface area contributed by atoms with Crippen LogP contribution in [-0.2, 0) is 21.6 Å². The number of fused-ring (bicyclic) bond motifs is 1. The Kier molecular flexibility index (Phi) is 9.02. The molecule has 9 rings (SSSR count). The van der Waals surface area contributed by atoms with Crippen molar-refractivity contribution in [2.75, 3.05) is 29.9 Å². The maximum absolute atomic E-state index is 13.4. The summed E-state index contributed by atoms with van der Waals surface area (Å²) >= 11 is 0. The first kappa shape index (κ1) is 36.8. The number of piperidine rings is 1. The highest BCUT2D eigenvalue weighted by Crippen LogP contribution is 2.49. The molecule has 4 fully saturated rings. The van der Waals surface area contributed by atoms with Crippen LogP contribution in [0.1, 0.15) is 96.3 Å². The third-order valence-electron chi connectivity index (χ3n) is 12.6. The van der Waals surface area contributed by atoms with Crippen molar-refractivity contribution in [2.45, 2.75) is 88.5 Å². The summed E-state index contributed by atoms with van der Waals surface area (Å²) in [5.74, 6) is 0.150. The number of nitrogens with zero attached hydrogens (tertiary/aromatic N) is 4. The van der Waals surface area contributed by atoms with Gasteiger partial charge in [-0.05, 0) is 98.2 Å². The Hall–Kier alpha value is -5.82. The zero-order valence-electron chi connectivity index (χ0n) is 32.1. The van der Waals surface area contributed by atoms with Crippen molar-refractivity contribution in [3.05, 3.63) is 107 Å². The summed E-state index contributed by atoms with van der Waals surface area (Å²) in [6.45, 7) is 6.93. The number of rotatable bonds is 12. The summed E-state index contributed by atoms with van der Waals surface area (Å²) in [4.78, 5) is 62.9. The van der Waals surface area contributed by atoms with E-state index >= 15 is 0 Å². The number of hydrogen-bond acceptors (Lipinski definition) is 11. The van der Waals surface area contributed by atoms with Crippen LogP contribution >= 0.6 is 0 Å². The van der Waals surface area contributed by atoms with E-state index < -0.39 is 29.7 Å². The van der Waals surface area contributed by atoms with E-state index in [1.54, 1.807) is 24.4 Å². The number of aliphatic hydroxyl groups is 1. The molecule has 0 radical (unpaired) electrons. The van der Waals surface area contributed by atoms with E-state index in [1.807, 2.05) is 30.3 Å². The molecule has 2 saturated heterocycles. The highest BCUT2D eigenvalue weighted by molar-refractivity contribution is 6.23. The Bertz CT molecular complexity index is 2240. The molecule has 4 amide bonds. The van der Waals surface area contributed by atoms with Gasteiger partial charge in [-0.2, -0.15) is 0 Å². The zero-order chi connectivity index (χ0) is 39.5. The predicted octanol–water partition coefficient (Wildman–Crippen LogP) is 5.16. The molecule has 57 heavy (non-hydrogen) atoms. The fourth-order valence-electron chi connectivity index (χ4n) is 8.97. The molecule has 2 aliphatic carbocycles. The molecular formula is C44H46N6O7. The molecule has 1 atom stereocenters. The zero-order valence-corrected chi connectivity index (χ0v) is 32.1. The lowest BCUT2D eigenvalue weighted by molar-refractivity contribution is -0.136. The number of hydrogen-bond donors (Lipinski definition) is 3. The van der Waals surface area contributed by atoms with Crippen LogP contribution < -0.4 is 25.0 Å². The molecule has 4 heterocycles. The van der Waals surface area contributed by atoms with Crippen LogP contribution in [0.4, 0.5) is 11.6 Å². The molecule has 3 aromatic carbocycles. The van der Waals surface area contributed by atoms with Gasteiger partial charge in [-0.15, -0.1) is 0 Å². The fourth-order valence-corrected chi connectivity index (χ4v) is 8.97. The molecule has 13 heteroatoms. The van der Waals surface area contributed by atoms with Gasteiger partial charge in [0.05, 0.1) is 28.5 Å². The summed E-state index contributed by atoms with van der Waals surface area (Å²) in [7, 11) is 0. The fraction of sp³-hybridized carbons (Fsp3) is 0.409. The molecular weight excluding hydrogens is 725 g/mol. The average Bonchev–Trinajstić information content (AvgIpc) is 3.41. The Morgan fingerprint density at radius 3 is 2.18 bits per heavy atom. The Morgan fingerprint density at radius 2 is 1.54 bits per heavy atom. The lowest BCUT2D eigenvalue weighted by Crippen LogP contribution is -2.64. The number of carbonyl (C=O) groups is 4. The summed E-state index contributed by atoms with van der Waals surface area (Å²) in [6, 6.07) is 22.3. The molecule has 294 valence electrons. The normalized spacial score (nSPS) is 21.0. The quantitative estimate of drug-likeness (QED) is 0.163. The third-order valence-corrected chi connectivity index (χ3v) is 12.6. The molecule has 2 saturated carbocycles. The molecule has 3 N–H and O–H groups in total. The van der Waals surface area contributed by atoms with Crippen LogP contribution in [0.3, 0.4) is 0 Å². The number of nitrogens with one attached hydrogen (secondary N) is 2. The molecule has 1 aromatic heterocycles. The highest BCUT2D eigenvalue weighted by Gasteiger charge is 2.52. The monoisotopic (exact) mass is 770 g/mol. The Balaban J connectivity index is 0.787. The molecule has 3 aliphatic heterocycles. The van der Waals surface area contributed by atoms with Gasteiger partial charge in [0.2, 0.25) is 17.8 Å². The second-order valence-electron chi connectivity index (χ2n) is 17.0. The number of benzene rings is 3. The summed E-state index contributed by atoms with van der Waals surface area (Å²) < 4.78 is 12.4. The topological polar surface area (TPSA) is 163 Å². The lowest BCUT2D eigenvalue weighted by atomic mass is 9.62. The van der Waals surface area contributed by atoms with E-state index in [-0.39, 0.29) is 46.4 Å². The highest BCUT2D eigenvalue weighted by atomic mass is 16.5. The second kappa shape index (κ2) is 14.0. The van der Waals surface area contributed by atoms with Gasteiger partial charge >= 0.3 is 0 Å². The smallest absolute Gasteiger partial charge is 0.262 e. The first-order chi connectivity index (χ1) is 27.4. The van der Waals surface area contributed by atoms with Crippen molar-refractivity contribution in [2.24, 2.45) is 5.41 Å². The largest absolute Gasteiger partial charge is 0.491 e. The van der Waals surface area contributed by atoms with Crippen molar-refractivity contribution >= 4 is 35.3 Å². The van der Waals surface area contributed by atoms with Crippen LogP contribution in [0.25, 0.3) is 0 Å². The molecule has 5 aliphatic rings. The van der Waals surface area contributed by atoms with Gasteiger partial charge in [-0.3, -0.25) is 29.4 Å².